The van der Waals surface area contributed by atoms with Crippen LogP contribution < -0.4 is 10.5 Å². The summed E-state index contributed by atoms with van der Waals surface area (Å²) >= 11 is 0. The number of rotatable bonds is 4. The minimum absolute atomic E-state index is 0.101. The van der Waals surface area contributed by atoms with Crippen molar-refractivity contribution in [3.8, 4) is 5.88 Å². The van der Waals surface area contributed by atoms with Crippen LogP contribution in [-0.2, 0) is 0 Å². The molecule has 1 saturated carbocycles. The number of nitrogens with two attached hydrogens (primary N) is 1. The molecule has 1 amide bonds. The highest BCUT2D eigenvalue weighted by atomic mass is 19.4. The number of nitrogens with zero attached hydrogens (tertiary/aromatic N) is 1. The van der Waals surface area contributed by atoms with Crippen molar-refractivity contribution in [2.24, 2.45) is 5.73 Å². The summed E-state index contributed by atoms with van der Waals surface area (Å²) in [4.78, 5) is 14.8. The van der Waals surface area contributed by atoms with Gasteiger partial charge in [0.05, 0.1) is 0 Å². The van der Waals surface area contributed by atoms with Gasteiger partial charge in [0.1, 0.15) is 5.69 Å². The Kier molecular flexibility index (Phi) is 4.15. The van der Waals surface area contributed by atoms with Gasteiger partial charge in [-0.2, -0.15) is 13.2 Å². The first kappa shape index (κ1) is 14.6. The summed E-state index contributed by atoms with van der Waals surface area (Å²) in [5.74, 6) is -0.912. The summed E-state index contributed by atoms with van der Waals surface area (Å²) in [6.07, 6.45) is -0.690. The number of alkyl halides is 3. The lowest BCUT2D eigenvalue weighted by Crippen LogP contribution is -2.21. The monoisotopic (exact) mass is 287 g/mol. The van der Waals surface area contributed by atoms with Crippen molar-refractivity contribution in [1.29, 1.82) is 0 Å². The molecule has 2 rings (SSSR count). The van der Waals surface area contributed by atoms with Crippen molar-refractivity contribution in [2.75, 3.05) is 6.61 Å². The third kappa shape index (κ3) is 3.61. The van der Waals surface area contributed by atoms with Crippen molar-refractivity contribution in [2.45, 2.75) is 37.8 Å². The first-order valence-electron chi connectivity index (χ1n) is 6.29. The minimum Gasteiger partial charge on any atom is -0.468 e. The number of halogens is 3. The molecule has 109 valence electrons. The number of carbonyl (C=O) groups excluding carboxylic acids is 1. The lowest BCUT2D eigenvalue weighted by atomic mass is 9.98. The van der Waals surface area contributed by atoms with E-state index in [1.165, 1.54) is 6.07 Å². The van der Waals surface area contributed by atoms with Crippen molar-refractivity contribution in [1.82, 2.24) is 4.98 Å². The second-order valence-electron chi connectivity index (χ2n) is 4.76. The third-order valence-electron chi connectivity index (χ3n) is 3.23. The fraction of sp³-hybridized carbons (Fsp3) is 0.538. The zero-order chi connectivity index (χ0) is 14.8. The normalized spacial score (nSPS) is 16.4. The van der Waals surface area contributed by atoms with E-state index in [4.69, 9.17) is 10.5 Å². The Labute approximate surface area is 114 Å². The number of primary amides is 1. The van der Waals surface area contributed by atoms with E-state index in [2.05, 4.69) is 11.1 Å². The maximum Gasteiger partial charge on any atom is 0.422 e. The fourth-order valence-corrected chi connectivity index (χ4v) is 2.33. The highest BCUT2D eigenvalue weighted by Gasteiger charge is 2.30. The predicted molar refractivity (Wildman–Crippen MR) is 64.3 cm³/mol. The molecule has 1 radical (unpaired) electrons. The lowest BCUT2D eigenvalue weighted by molar-refractivity contribution is -0.154. The van der Waals surface area contributed by atoms with Crippen molar-refractivity contribution in [3.05, 3.63) is 23.4 Å². The lowest BCUT2D eigenvalue weighted by Gasteiger charge is -2.16. The van der Waals surface area contributed by atoms with Crippen LogP contribution in [0.2, 0.25) is 0 Å². The molecule has 2 N–H and O–H groups in total. The van der Waals surface area contributed by atoms with Crippen LogP contribution in [0.3, 0.4) is 0 Å². The van der Waals surface area contributed by atoms with Gasteiger partial charge in [-0.25, -0.2) is 4.98 Å². The van der Waals surface area contributed by atoms with Gasteiger partial charge in [0.25, 0.3) is 5.91 Å². The quantitative estimate of drug-likeness (QED) is 0.925. The van der Waals surface area contributed by atoms with Crippen LogP contribution in [0.4, 0.5) is 13.2 Å². The van der Waals surface area contributed by atoms with E-state index in [0.29, 0.717) is 5.56 Å². The summed E-state index contributed by atoms with van der Waals surface area (Å²) in [5, 5.41) is 0. The molecule has 4 nitrogen and oxygen atoms in total. The number of hydrogen-bond donors (Lipinski definition) is 1. The minimum atomic E-state index is -4.46. The average Bonchev–Trinajstić information content (AvgIpc) is 2.88. The fourth-order valence-electron chi connectivity index (χ4n) is 2.33. The molecule has 1 aliphatic carbocycles. The standard InChI is InChI=1S/C13H14F3N2O2/c14-13(15,16)7-20-12-9(8-3-1-2-4-8)5-6-10(18-12)11(17)19/h5,8H,1-4,7H2,(H2,17,19). The Morgan fingerprint density at radius 1 is 1.45 bits per heavy atom. The SMILES string of the molecule is NC(=O)c1[c]cc(C2CCCC2)c(OCC(F)(F)F)n1. The maximum atomic E-state index is 12.3. The van der Waals surface area contributed by atoms with Gasteiger partial charge < -0.3 is 10.5 Å². The van der Waals surface area contributed by atoms with Crippen LogP contribution >= 0.6 is 0 Å². The second-order valence-corrected chi connectivity index (χ2v) is 4.76. The molecule has 0 spiro atoms. The molecular weight excluding hydrogens is 273 g/mol. The molecular formula is C13H14F3N2O2. The highest BCUT2D eigenvalue weighted by molar-refractivity contribution is 5.90. The van der Waals surface area contributed by atoms with Crippen molar-refractivity contribution >= 4 is 5.91 Å². The summed E-state index contributed by atoms with van der Waals surface area (Å²) in [7, 11) is 0. The van der Waals surface area contributed by atoms with Gasteiger partial charge in [-0.05, 0) is 24.8 Å². The van der Waals surface area contributed by atoms with Crippen LogP contribution in [-0.4, -0.2) is 23.7 Å². The van der Waals surface area contributed by atoms with E-state index >= 15 is 0 Å². The molecule has 1 heterocycles. The van der Waals surface area contributed by atoms with Crippen LogP contribution in [0.25, 0.3) is 0 Å². The molecule has 0 aliphatic heterocycles. The van der Waals surface area contributed by atoms with Gasteiger partial charge in [-0.15, -0.1) is 0 Å². The Bertz CT molecular complexity index is 497. The molecule has 0 atom stereocenters. The predicted octanol–water partition coefficient (Wildman–Crippen LogP) is 2.58. The Morgan fingerprint density at radius 2 is 2.10 bits per heavy atom. The van der Waals surface area contributed by atoms with E-state index in [1.54, 1.807) is 0 Å². The topological polar surface area (TPSA) is 65.2 Å². The molecule has 1 aromatic rings. The maximum absolute atomic E-state index is 12.3. The molecule has 0 bridgehead atoms. The van der Waals surface area contributed by atoms with Gasteiger partial charge in [0, 0.05) is 11.6 Å². The smallest absolute Gasteiger partial charge is 0.422 e. The molecule has 1 aromatic heterocycles. The third-order valence-corrected chi connectivity index (χ3v) is 3.23. The number of aromatic nitrogens is 1. The van der Waals surface area contributed by atoms with Crippen LogP contribution in [0.5, 0.6) is 5.88 Å². The molecule has 1 aliphatic rings. The van der Waals surface area contributed by atoms with Gasteiger partial charge in [0.15, 0.2) is 6.61 Å². The van der Waals surface area contributed by atoms with E-state index in [1.807, 2.05) is 0 Å². The van der Waals surface area contributed by atoms with Crippen LogP contribution in [0.1, 0.15) is 47.7 Å². The molecule has 0 aromatic carbocycles. The average molecular weight is 287 g/mol. The van der Waals surface area contributed by atoms with Crippen LogP contribution in [0.15, 0.2) is 6.07 Å². The van der Waals surface area contributed by atoms with Gasteiger partial charge in [-0.3, -0.25) is 4.79 Å². The molecule has 20 heavy (non-hydrogen) atoms. The van der Waals surface area contributed by atoms with Crippen molar-refractivity contribution in [3.63, 3.8) is 0 Å². The summed E-state index contributed by atoms with van der Waals surface area (Å²) < 4.78 is 41.5. The molecule has 0 saturated heterocycles. The Balaban J connectivity index is 2.27. The van der Waals surface area contributed by atoms with Crippen molar-refractivity contribution < 1.29 is 22.7 Å². The highest BCUT2D eigenvalue weighted by Crippen LogP contribution is 2.38. The van der Waals surface area contributed by atoms with Crippen LogP contribution in [0, 0.1) is 6.07 Å². The number of carbonyl (C=O) groups is 1. The summed E-state index contributed by atoms with van der Waals surface area (Å²) in [5.41, 5.74) is 5.41. The number of pyridine rings is 1. The zero-order valence-corrected chi connectivity index (χ0v) is 10.7. The Morgan fingerprint density at radius 3 is 2.65 bits per heavy atom. The molecule has 0 unspecified atom stereocenters. The van der Waals surface area contributed by atoms with Gasteiger partial charge >= 0.3 is 6.18 Å². The van der Waals surface area contributed by atoms with Gasteiger partial charge in [-0.1, -0.05) is 12.8 Å². The summed E-state index contributed by atoms with van der Waals surface area (Å²) in [6, 6.07) is 4.07. The largest absolute Gasteiger partial charge is 0.468 e. The molecule has 1 fully saturated rings. The van der Waals surface area contributed by atoms with E-state index in [-0.39, 0.29) is 17.5 Å². The number of hydrogen-bond acceptors (Lipinski definition) is 3. The number of amides is 1. The Hall–Kier alpha value is -1.79. The first-order chi connectivity index (χ1) is 9.37. The zero-order valence-electron chi connectivity index (χ0n) is 10.7. The van der Waals surface area contributed by atoms with E-state index in [9.17, 15) is 18.0 Å². The first-order valence-corrected chi connectivity index (χ1v) is 6.29. The second kappa shape index (κ2) is 5.68. The van der Waals surface area contributed by atoms with E-state index in [0.717, 1.165) is 25.7 Å². The number of ether oxygens (including phenoxy) is 1. The van der Waals surface area contributed by atoms with E-state index < -0.39 is 18.7 Å². The van der Waals surface area contributed by atoms with Gasteiger partial charge in [0.2, 0.25) is 5.88 Å². The summed E-state index contributed by atoms with van der Waals surface area (Å²) in [6.45, 7) is -1.44. The molecule has 7 heteroatoms.